The first-order valence-corrected chi connectivity index (χ1v) is 5.36. The van der Waals surface area contributed by atoms with E-state index >= 15 is 0 Å². The monoisotopic (exact) mass is 231 g/mol. The maximum atomic E-state index is 13.2. The minimum absolute atomic E-state index is 0.232. The van der Waals surface area contributed by atoms with Crippen molar-refractivity contribution in [1.29, 1.82) is 0 Å². The quantitative estimate of drug-likeness (QED) is 0.821. The Morgan fingerprint density at radius 2 is 1.71 bits per heavy atom. The van der Waals surface area contributed by atoms with Crippen LogP contribution in [0.25, 0.3) is 11.3 Å². The molecule has 0 fully saturated rings. The third kappa shape index (κ3) is 2.11. The Hall–Kier alpha value is -1.97. The SMILES string of the molecule is Cc1cc(-c2nc(C)c(C)nc2N)ccc1F. The van der Waals surface area contributed by atoms with E-state index in [4.69, 9.17) is 5.73 Å². The van der Waals surface area contributed by atoms with Crippen LogP contribution in [0.4, 0.5) is 10.2 Å². The van der Waals surface area contributed by atoms with E-state index in [0.29, 0.717) is 17.1 Å². The lowest BCUT2D eigenvalue weighted by atomic mass is 10.1. The third-order valence-electron chi connectivity index (χ3n) is 2.77. The molecule has 0 amide bonds. The van der Waals surface area contributed by atoms with E-state index in [9.17, 15) is 4.39 Å². The number of hydrogen-bond acceptors (Lipinski definition) is 3. The number of aromatic nitrogens is 2. The number of nitrogen functional groups attached to an aromatic ring is 1. The van der Waals surface area contributed by atoms with Crippen molar-refractivity contribution in [3.8, 4) is 11.3 Å². The average molecular weight is 231 g/mol. The lowest BCUT2D eigenvalue weighted by Crippen LogP contribution is -2.02. The summed E-state index contributed by atoms with van der Waals surface area (Å²) in [6.07, 6.45) is 0. The molecule has 0 aliphatic carbocycles. The van der Waals surface area contributed by atoms with Gasteiger partial charge in [0.1, 0.15) is 17.3 Å². The van der Waals surface area contributed by atoms with Crippen LogP contribution in [0.15, 0.2) is 18.2 Å². The van der Waals surface area contributed by atoms with Crippen molar-refractivity contribution >= 4 is 5.82 Å². The standard InChI is InChI=1S/C13H14FN3/c1-7-6-10(4-5-11(7)14)12-13(15)17-9(3)8(2)16-12/h4-6H,1-3H3,(H2,15,17). The summed E-state index contributed by atoms with van der Waals surface area (Å²) in [6, 6.07) is 4.81. The van der Waals surface area contributed by atoms with Crippen LogP contribution >= 0.6 is 0 Å². The molecule has 0 unspecified atom stereocenters. The second-order valence-corrected chi connectivity index (χ2v) is 4.09. The topological polar surface area (TPSA) is 51.8 Å². The molecular weight excluding hydrogens is 217 g/mol. The zero-order valence-electron chi connectivity index (χ0n) is 10.1. The van der Waals surface area contributed by atoms with Gasteiger partial charge in [0.2, 0.25) is 0 Å². The highest BCUT2D eigenvalue weighted by molar-refractivity contribution is 5.70. The molecule has 0 spiro atoms. The molecule has 1 aromatic carbocycles. The van der Waals surface area contributed by atoms with Crippen LogP contribution in [0.2, 0.25) is 0 Å². The first-order chi connectivity index (χ1) is 7.99. The largest absolute Gasteiger partial charge is 0.382 e. The molecular formula is C13H14FN3. The highest BCUT2D eigenvalue weighted by atomic mass is 19.1. The number of rotatable bonds is 1. The first-order valence-electron chi connectivity index (χ1n) is 5.36. The molecule has 0 saturated heterocycles. The van der Waals surface area contributed by atoms with E-state index in [1.807, 2.05) is 13.8 Å². The van der Waals surface area contributed by atoms with Gasteiger partial charge in [-0.1, -0.05) is 0 Å². The Labute approximate surface area is 99.5 Å². The first kappa shape index (κ1) is 11.5. The lowest BCUT2D eigenvalue weighted by Gasteiger charge is -2.08. The number of anilines is 1. The van der Waals surface area contributed by atoms with Gasteiger partial charge in [0, 0.05) is 5.56 Å². The minimum atomic E-state index is -0.232. The number of nitrogens with zero attached hydrogens (tertiary/aromatic N) is 2. The van der Waals surface area contributed by atoms with Gasteiger partial charge >= 0.3 is 0 Å². The molecule has 0 atom stereocenters. The van der Waals surface area contributed by atoms with Gasteiger partial charge in [-0.25, -0.2) is 14.4 Å². The summed E-state index contributed by atoms with van der Waals surface area (Å²) in [7, 11) is 0. The highest BCUT2D eigenvalue weighted by Crippen LogP contribution is 2.25. The van der Waals surface area contributed by atoms with Crippen LogP contribution in [0, 0.1) is 26.6 Å². The fourth-order valence-corrected chi connectivity index (χ4v) is 1.62. The van der Waals surface area contributed by atoms with E-state index in [-0.39, 0.29) is 5.82 Å². The Morgan fingerprint density at radius 1 is 1.06 bits per heavy atom. The fourth-order valence-electron chi connectivity index (χ4n) is 1.62. The van der Waals surface area contributed by atoms with Gasteiger partial charge in [-0.05, 0) is 44.5 Å². The predicted octanol–water partition coefficient (Wildman–Crippen LogP) is 2.79. The minimum Gasteiger partial charge on any atom is -0.382 e. The van der Waals surface area contributed by atoms with E-state index in [1.165, 1.54) is 6.07 Å². The molecule has 88 valence electrons. The van der Waals surface area contributed by atoms with Crippen molar-refractivity contribution in [2.45, 2.75) is 20.8 Å². The van der Waals surface area contributed by atoms with Gasteiger partial charge in [0.25, 0.3) is 0 Å². The molecule has 1 aromatic heterocycles. The highest BCUT2D eigenvalue weighted by Gasteiger charge is 2.09. The Morgan fingerprint density at radius 3 is 2.35 bits per heavy atom. The van der Waals surface area contributed by atoms with Gasteiger partial charge < -0.3 is 5.73 Å². The Bertz CT molecular complexity index is 579. The average Bonchev–Trinajstić information content (AvgIpc) is 2.27. The summed E-state index contributed by atoms with van der Waals surface area (Å²) in [5.74, 6) is 0.142. The molecule has 0 aliphatic heterocycles. The normalized spacial score (nSPS) is 10.6. The number of aryl methyl sites for hydroxylation is 3. The third-order valence-corrected chi connectivity index (χ3v) is 2.77. The molecule has 17 heavy (non-hydrogen) atoms. The van der Waals surface area contributed by atoms with Crippen LogP contribution in [-0.4, -0.2) is 9.97 Å². The molecule has 0 aliphatic rings. The maximum Gasteiger partial charge on any atom is 0.150 e. The lowest BCUT2D eigenvalue weighted by molar-refractivity contribution is 0.619. The van der Waals surface area contributed by atoms with Crippen LogP contribution in [0.3, 0.4) is 0 Å². The maximum absolute atomic E-state index is 13.2. The Balaban J connectivity index is 2.60. The van der Waals surface area contributed by atoms with Crippen molar-refractivity contribution in [3.05, 3.63) is 41.0 Å². The van der Waals surface area contributed by atoms with Crippen molar-refractivity contribution in [3.63, 3.8) is 0 Å². The van der Waals surface area contributed by atoms with Crippen molar-refractivity contribution in [2.75, 3.05) is 5.73 Å². The summed E-state index contributed by atoms with van der Waals surface area (Å²) in [6.45, 7) is 5.45. The Kier molecular flexibility index (Phi) is 2.79. The van der Waals surface area contributed by atoms with Crippen LogP contribution in [0.5, 0.6) is 0 Å². The van der Waals surface area contributed by atoms with E-state index in [2.05, 4.69) is 9.97 Å². The fraction of sp³-hybridized carbons (Fsp3) is 0.231. The van der Waals surface area contributed by atoms with E-state index in [0.717, 1.165) is 17.0 Å². The predicted molar refractivity (Wildman–Crippen MR) is 66.0 cm³/mol. The van der Waals surface area contributed by atoms with Gasteiger partial charge in [0.05, 0.1) is 11.4 Å². The zero-order chi connectivity index (χ0) is 12.6. The summed E-state index contributed by atoms with van der Waals surface area (Å²) < 4.78 is 13.2. The van der Waals surface area contributed by atoms with Crippen LogP contribution in [-0.2, 0) is 0 Å². The zero-order valence-corrected chi connectivity index (χ0v) is 10.1. The second kappa shape index (κ2) is 4.13. The van der Waals surface area contributed by atoms with E-state index < -0.39 is 0 Å². The molecule has 2 aromatic rings. The van der Waals surface area contributed by atoms with E-state index in [1.54, 1.807) is 19.1 Å². The van der Waals surface area contributed by atoms with Gasteiger partial charge in [-0.3, -0.25) is 0 Å². The smallest absolute Gasteiger partial charge is 0.150 e. The van der Waals surface area contributed by atoms with Gasteiger partial charge in [-0.15, -0.1) is 0 Å². The van der Waals surface area contributed by atoms with Crippen molar-refractivity contribution in [1.82, 2.24) is 9.97 Å². The molecule has 2 rings (SSSR count). The number of benzene rings is 1. The molecule has 1 heterocycles. The van der Waals surface area contributed by atoms with Gasteiger partial charge in [0.15, 0.2) is 0 Å². The molecule has 4 heteroatoms. The van der Waals surface area contributed by atoms with Crippen molar-refractivity contribution < 1.29 is 4.39 Å². The van der Waals surface area contributed by atoms with Crippen molar-refractivity contribution in [2.24, 2.45) is 0 Å². The summed E-state index contributed by atoms with van der Waals surface area (Å²) in [4.78, 5) is 8.63. The summed E-state index contributed by atoms with van der Waals surface area (Å²) >= 11 is 0. The molecule has 0 radical (unpaired) electrons. The number of hydrogen-bond donors (Lipinski definition) is 1. The molecule has 0 saturated carbocycles. The molecule has 3 nitrogen and oxygen atoms in total. The molecule has 0 bridgehead atoms. The van der Waals surface area contributed by atoms with Crippen LogP contribution in [0.1, 0.15) is 17.0 Å². The summed E-state index contributed by atoms with van der Waals surface area (Å²) in [5, 5.41) is 0. The molecule has 2 N–H and O–H groups in total. The number of halogens is 1. The summed E-state index contributed by atoms with van der Waals surface area (Å²) in [5.41, 5.74) is 9.45. The van der Waals surface area contributed by atoms with Crippen LogP contribution < -0.4 is 5.73 Å². The van der Waals surface area contributed by atoms with Gasteiger partial charge in [-0.2, -0.15) is 0 Å². The second-order valence-electron chi connectivity index (χ2n) is 4.09. The number of nitrogens with two attached hydrogens (primary N) is 1.